The van der Waals surface area contributed by atoms with Crippen LogP contribution in [0.2, 0.25) is 0 Å². The number of phosphoric ester groups is 1. The lowest BCUT2D eigenvalue weighted by Gasteiger charge is -2.24. The van der Waals surface area contributed by atoms with Gasteiger partial charge in [0.05, 0.1) is 37.9 Å². The van der Waals surface area contributed by atoms with Crippen molar-refractivity contribution in [1.82, 2.24) is 5.32 Å². The van der Waals surface area contributed by atoms with Crippen molar-refractivity contribution in [2.45, 2.75) is 128 Å². The smallest absolute Gasteiger partial charge is 0.393 e. The van der Waals surface area contributed by atoms with E-state index in [0.29, 0.717) is 12.8 Å². The third-order valence-electron chi connectivity index (χ3n) is 6.24. The summed E-state index contributed by atoms with van der Waals surface area (Å²) in [6.07, 6.45) is 24.0. The van der Waals surface area contributed by atoms with Crippen molar-refractivity contribution in [2.24, 2.45) is 5.73 Å². The van der Waals surface area contributed by atoms with E-state index in [4.69, 9.17) is 14.8 Å². The average molecular weight is 589 g/mol. The highest BCUT2D eigenvalue weighted by atomic mass is 31.2. The summed E-state index contributed by atoms with van der Waals surface area (Å²) in [5, 5.41) is 23.6. The van der Waals surface area contributed by atoms with Crippen LogP contribution in [0.1, 0.15) is 110 Å². The van der Waals surface area contributed by atoms with E-state index in [1.54, 1.807) is 6.08 Å². The predicted molar refractivity (Wildman–Crippen MR) is 163 cm³/mol. The summed E-state index contributed by atoms with van der Waals surface area (Å²) in [4.78, 5) is 22.4. The van der Waals surface area contributed by atoms with Crippen LogP contribution >= 0.6 is 7.82 Å². The van der Waals surface area contributed by atoms with Crippen molar-refractivity contribution in [1.29, 1.82) is 0 Å². The standard InChI is InChI=1S/C30H57N2O7P/c1-3-5-7-9-11-13-15-17-19-21-27(33)25-30(35)32-28(26-39-40(36,37)38-24-23-31)29(34)22-20-18-16-14-12-10-8-6-4-2/h9,11-12,14,20,22,27-29,33-34H,3-8,10,13,15-19,21,23-26,31H2,1-2H3,(H,32,35)(H,36,37)/b11-9-,14-12+,22-20+. The van der Waals surface area contributed by atoms with Gasteiger partial charge >= 0.3 is 7.82 Å². The van der Waals surface area contributed by atoms with Gasteiger partial charge in [0.15, 0.2) is 0 Å². The maximum atomic E-state index is 12.6. The average Bonchev–Trinajstić information content (AvgIpc) is 2.92. The second-order valence-electron chi connectivity index (χ2n) is 10.1. The quantitative estimate of drug-likeness (QED) is 0.0456. The Morgan fingerprint density at radius 1 is 0.850 bits per heavy atom. The number of phosphoric acid groups is 1. The normalized spacial score (nSPS) is 16.1. The number of hydrogen-bond donors (Lipinski definition) is 5. The van der Waals surface area contributed by atoms with Gasteiger partial charge in [-0.1, -0.05) is 88.8 Å². The molecule has 0 heterocycles. The molecular weight excluding hydrogens is 531 g/mol. The third kappa shape index (κ3) is 24.5. The van der Waals surface area contributed by atoms with Crippen molar-refractivity contribution in [3.63, 3.8) is 0 Å². The molecule has 0 aliphatic carbocycles. The molecule has 0 fully saturated rings. The van der Waals surface area contributed by atoms with E-state index >= 15 is 0 Å². The SMILES string of the molecule is CCCC/C=C\CCCCCC(O)CC(=O)NC(COP(=O)(O)OCCN)C(O)/C=C/CC/C=C/CCCCC. The fraction of sp³-hybridized carbons (Fsp3) is 0.767. The van der Waals surface area contributed by atoms with Crippen molar-refractivity contribution < 1.29 is 33.5 Å². The summed E-state index contributed by atoms with van der Waals surface area (Å²) in [5.74, 6) is -0.474. The van der Waals surface area contributed by atoms with Crippen LogP contribution in [0.3, 0.4) is 0 Å². The minimum atomic E-state index is -4.39. The topological polar surface area (TPSA) is 151 Å². The molecule has 0 aromatic rings. The van der Waals surface area contributed by atoms with Crippen LogP contribution in [0.15, 0.2) is 36.5 Å². The van der Waals surface area contributed by atoms with Crippen LogP contribution in [0.4, 0.5) is 0 Å². The number of amides is 1. The summed E-state index contributed by atoms with van der Waals surface area (Å²) in [5.41, 5.74) is 5.30. The minimum Gasteiger partial charge on any atom is -0.393 e. The summed E-state index contributed by atoms with van der Waals surface area (Å²) < 4.78 is 21.8. The van der Waals surface area contributed by atoms with E-state index in [2.05, 4.69) is 43.5 Å². The monoisotopic (exact) mass is 588 g/mol. The second-order valence-corrected chi connectivity index (χ2v) is 11.6. The summed E-state index contributed by atoms with van der Waals surface area (Å²) >= 11 is 0. The third-order valence-corrected chi connectivity index (χ3v) is 7.23. The number of carbonyl (C=O) groups excluding carboxylic acids is 1. The van der Waals surface area contributed by atoms with Crippen LogP contribution in [0.5, 0.6) is 0 Å². The first kappa shape index (κ1) is 38.7. The molecule has 0 rings (SSSR count). The Morgan fingerprint density at radius 2 is 1.45 bits per heavy atom. The molecular formula is C30H57N2O7P. The first-order valence-electron chi connectivity index (χ1n) is 15.2. The van der Waals surface area contributed by atoms with Crippen molar-refractivity contribution in [2.75, 3.05) is 19.8 Å². The lowest BCUT2D eigenvalue weighted by Crippen LogP contribution is -2.46. The van der Waals surface area contributed by atoms with Gasteiger partial charge in [-0.15, -0.1) is 0 Å². The van der Waals surface area contributed by atoms with E-state index in [-0.39, 0.29) is 19.6 Å². The van der Waals surface area contributed by atoms with Gasteiger partial charge in [-0.25, -0.2) is 4.57 Å². The van der Waals surface area contributed by atoms with Gasteiger partial charge in [-0.3, -0.25) is 13.8 Å². The fourth-order valence-corrected chi connectivity index (χ4v) is 4.63. The number of carbonyl (C=O) groups is 1. The zero-order valence-electron chi connectivity index (χ0n) is 24.9. The number of aliphatic hydroxyl groups excluding tert-OH is 2. The van der Waals surface area contributed by atoms with Crippen LogP contribution in [0, 0.1) is 0 Å². The zero-order chi connectivity index (χ0) is 29.9. The number of unbranched alkanes of at least 4 members (excludes halogenated alkanes) is 9. The molecule has 4 atom stereocenters. The number of allylic oxidation sites excluding steroid dienone is 5. The number of hydrogen-bond acceptors (Lipinski definition) is 7. The molecule has 0 saturated heterocycles. The van der Waals surface area contributed by atoms with E-state index in [9.17, 15) is 24.5 Å². The number of nitrogens with one attached hydrogen (secondary N) is 1. The van der Waals surface area contributed by atoms with Gasteiger partial charge in [0.2, 0.25) is 5.91 Å². The Hall–Kier alpha value is -1.32. The molecule has 1 amide bonds. The lowest BCUT2D eigenvalue weighted by atomic mass is 10.1. The van der Waals surface area contributed by atoms with Crippen LogP contribution in [-0.4, -0.2) is 59.0 Å². The molecule has 9 nitrogen and oxygen atoms in total. The summed E-state index contributed by atoms with van der Waals surface area (Å²) in [6, 6.07) is -0.998. The van der Waals surface area contributed by atoms with Crippen LogP contribution in [-0.2, 0) is 18.4 Å². The van der Waals surface area contributed by atoms with Gasteiger partial charge in [0.25, 0.3) is 0 Å². The molecule has 0 radical (unpaired) electrons. The Kier molecular flexibility index (Phi) is 25.7. The Bertz CT molecular complexity index is 746. The van der Waals surface area contributed by atoms with Crippen molar-refractivity contribution >= 4 is 13.7 Å². The first-order chi connectivity index (χ1) is 19.3. The van der Waals surface area contributed by atoms with E-state index < -0.39 is 38.6 Å². The molecule has 0 aliphatic rings. The number of aliphatic hydroxyl groups is 2. The number of nitrogens with two attached hydrogens (primary N) is 1. The Labute approximate surface area is 242 Å². The largest absolute Gasteiger partial charge is 0.472 e. The molecule has 234 valence electrons. The van der Waals surface area contributed by atoms with Crippen LogP contribution < -0.4 is 11.1 Å². The predicted octanol–water partition coefficient (Wildman–Crippen LogP) is 5.85. The zero-order valence-corrected chi connectivity index (χ0v) is 25.8. The van der Waals surface area contributed by atoms with E-state index in [1.807, 2.05) is 0 Å². The molecule has 0 aliphatic heterocycles. The second kappa shape index (κ2) is 26.6. The first-order valence-corrected chi connectivity index (χ1v) is 16.7. The van der Waals surface area contributed by atoms with Gasteiger partial charge in [0.1, 0.15) is 0 Å². The molecule has 40 heavy (non-hydrogen) atoms. The van der Waals surface area contributed by atoms with Crippen molar-refractivity contribution in [3.05, 3.63) is 36.5 Å². The molecule has 4 unspecified atom stereocenters. The highest BCUT2D eigenvalue weighted by Crippen LogP contribution is 2.43. The maximum Gasteiger partial charge on any atom is 0.472 e. The summed E-state index contributed by atoms with van der Waals surface area (Å²) in [7, 11) is -4.39. The molecule has 0 spiro atoms. The lowest BCUT2D eigenvalue weighted by molar-refractivity contribution is -0.124. The Morgan fingerprint density at radius 3 is 2.10 bits per heavy atom. The fourth-order valence-electron chi connectivity index (χ4n) is 3.87. The molecule has 0 aromatic heterocycles. The van der Waals surface area contributed by atoms with Gasteiger partial charge in [-0.05, 0) is 51.4 Å². The highest BCUT2D eigenvalue weighted by molar-refractivity contribution is 7.47. The van der Waals surface area contributed by atoms with E-state index in [1.165, 1.54) is 38.2 Å². The molecule has 0 aromatic carbocycles. The molecule has 0 saturated carbocycles. The molecule has 6 N–H and O–H groups in total. The highest BCUT2D eigenvalue weighted by Gasteiger charge is 2.27. The number of rotatable bonds is 27. The molecule has 10 heteroatoms. The van der Waals surface area contributed by atoms with Gasteiger partial charge < -0.3 is 26.2 Å². The summed E-state index contributed by atoms with van der Waals surface area (Å²) in [6.45, 7) is 3.78. The van der Waals surface area contributed by atoms with Crippen LogP contribution in [0.25, 0.3) is 0 Å². The minimum absolute atomic E-state index is 0.0417. The van der Waals surface area contributed by atoms with Gasteiger partial charge in [-0.2, -0.15) is 0 Å². The van der Waals surface area contributed by atoms with Crippen molar-refractivity contribution in [3.8, 4) is 0 Å². The van der Waals surface area contributed by atoms with E-state index in [0.717, 1.165) is 44.9 Å². The molecule has 0 bridgehead atoms. The van der Waals surface area contributed by atoms with Gasteiger partial charge in [0, 0.05) is 6.54 Å². The Balaban J connectivity index is 4.69. The maximum absolute atomic E-state index is 12.6.